The molecule has 1 N–H and O–H groups in total. The van der Waals surface area contributed by atoms with Crippen LogP contribution < -0.4 is 9.88 Å². The van der Waals surface area contributed by atoms with Gasteiger partial charge in [0.05, 0.1) is 5.56 Å². The van der Waals surface area contributed by atoms with Gasteiger partial charge in [-0.2, -0.15) is 9.83 Å². The fraction of sp³-hybridized carbons (Fsp3) is 0.227. The zero-order chi connectivity index (χ0) is 18.6. The van der Waals surface area contributed by atoms with Crippen LogP contribution in [0, 0.1) is 11.3 Å². The number of thiophene rings is 1. The molecule has 1 aliphatic carbocycles. The van der Waals surface area contributed by atoms with Crippen molar-refractivity contribution in [2.45, 2.75) is 32.2 Å². The quantitative estimate of drug-likeness (QED) is 0.699. The topological polar surface area (TPSA) is 56.8 Å². The first kappa shape index (κ1) is 17.4. The first-order valence-corrected chi connectivity index (χ1v) is 9.95. The fourth-order valence-electron chi connectivity index (χ4n) is 3.53. The maximum atomic E-state index is 12.6. The highest BCUT2D eigenvalue weighted by molar-refractivity contribution is 7.16. The van der Waals surface area contributed by atoms with Crippen LogP contribution in [-0.4, -0.2) is 5.91 Å². The van der Waals surface area contributed by atoms with Crippen LogP contribution in [0.4, 0.5) is 5.00 Å². The van der Waals surface area contributed by atoms with Gasteiger partial charge in [0.2, 0.25) is 6.54 Å². The molecule has 2 heterocycles. The molecule has 0 unspecified atom stereocenters. The van der Waals surface area contributed by atoms with Crippen LogP contribution >= 0.6 is 11.3 Å². The molecule has 134 valence electrons. The highest BCUT2D eigenvalue weighted by Gasteiger charge is 2.22. The third-order valence-electron chi connectivity index (χ3n) is 4.83. The highest BCUT2D eigenvalue weighted by atomic mass is 32.1. The molecule has 0 saturated carbocycles. The van der Waals surface area contributed by atoms with Gasteiger partial charge in [-0.05, 0) is 42.9 Å². The Morgan fingerprint density at radius 3 is 2.70 bits per heavy atom. The number of nitrogens with one attached hydrogen (secondary N) is 1. The minimum atomic E-state index is -0.111. The molecular formula is C22H20N3OS+. The second-order valence-corrected chi connectivity index (χ2v) is 7.81. The molecule has 2 aromatic heterocycles. The van der Waals surface area contributed by atoms with Crippen LogP contribution in [0.3, 0.4) is 0 Å². The van der Waals surface area contributed by atoms with Crippen LogP contribution in [0.5, 0.6) is 0 Å². The standard InChI is InChI=1S/C22H19N3OS/c23-13-19-18-10-4-5-11-20(18)27-22(19)24-21(26)15-25-12-6-9-17(14-25)16-7-2-1-3-8-16/h1-3,6-9,12,14H,4-5,10-11,15H2/p+1. The van der Waals surface area contributed by atoms with E-state index in [9.17, 15) is 10.1 Å². The maximum Gasteiger partial charge on any atom is 0.290 e. The lowest BCUT2D eigenvalue weighted by atomic mass is 9.96. The van der Waals surface area contributed by atoms with Crippen LogP contribution in [-0.2, 0) is 24.2 Å². The van der Waals surface area contributed by atoms with Crippen LogP contribution in [0.2, 0.25) is 0 Å². The van der Waals surface area contributed by atoms with Crippen molar-refractivity contribution in [2.75, 3.05) is 5.32 Å². The van der Waals surface area contributed by atoms with E-state index in [-0.39, 0.29) is 12.5 Å². The van der Waals surface area contributed by atoms with E-state index in [1.807, 2.05) is 47.3 Å². The summed E-state index contributed by atoms with van der Waals surface area (Å²) in [5.41, 5.74) is 3.98. The Labute approximate surface area is 162 Å². The molecule has 0 bridgehead atoms. The third-order valence-corrected chi connectivity index (χ3v) is 6.03. The molecule has 27 heavy (non-hydrogen) atoms. The Morgan fingerprint density at radius 2 is 1.89 bits per heavy atom. The number of amides is 1. The number of aromatic nitrogens is 1. The van der Waals surface area contributed by atoms with E-state index in [4.69, 9.17) is 0 Å². The number of nitrogens with zero attached hydrogens (tertiary/aromatic N) is 2. The summed E-state index contributed by atoms with van der Waals surface area (Å²) in [4.78, 5) is 13.8. The van der Waals surface area contributed by atoms with Crippen molar-refractivity contribution in [3.63, 3.8) is 0 Å². The van der Waals surface area contributed by atoms with E-state index in [0.717, 1.165) is 42.4 Å². The van der Waals surface area contributed by atoms with Gasteiger partial charge in [-0.1, -0.05) is 30.3 Å². The summed E-state index contributed by atoms with van der Waals surface area (Å²) in [7, 11) is 0. The SMILES string of the molecule is N#Cc1c(NC(=O)C[n+]2cccc(-c3ccccc3)c2)sc2c1CCCC2. The molecular weight excluding hydrogens is 354 g/mol. The molecule has 5 heteroatoms. The van der Waals surface area contributed by atoms with Gasteiger partial charge >= 0.3 is 0 Å². The lowest BCUT2D eigenvalue weighted by Crippen LogP contribution is -2.39. The number of anilines is 1. The smallest absolute Gasteiger partial charge is 0.290 e. The van der Waals surface area contributed by atoms with Crippen molar-refractivity contribution in [1.29, 1.82) is 5.26 Å². The lowest BCUT2D eigenvalue weighted by Gasteiger charge is -2.09. The molecule has 0 atom stereocenters. The summed E-state index contributed by atoms with van der Waals surface area (Å²) in [6.45, 7) is 0.216. The molecule has 1 amide bonds. The zero-order valence-corrected chi connectivity index (χ0v) is 15.8. The van der Waals surface area contributed by atoms with E-state index >= 15 is 0 Å². The van der Waals surface area contributed by atoms with Crippen molar-refractivity contribution in [1.82, 2.24) is 0 Å². The zero-order valence-electron chi connectivity index (χ0n) is 14.9. The van der Waals surface area contributed by atoms with Gasteiger partial charge in [0.15, 0.2) is 12.4 Å². The molecule has 4 nitrogen and oxygen atoms in total. The Balaban J connectivity index is 1.51. The molecule has 1 aromatic carbocycles. The molecule has 0 radical (unpaired) electrons. The second-order valence-electron chi connectivity index (χ2n) is 6.71. The molecule has 3 aromatic rings. The molecule has 1 aliphatic rings. The predicted molar refractivity (Wildman–Crippen MR) is 106 cm³/mol. The van der Waals surface area contributed by atoms with Gasteiger partial charge in [0.25, 0.3) is 5.91 Å². The lowest BCUT2D eigenvalue weighted by molar-refractivity contribution is -0.683. The Bertz CT molecular complexity index is 1020. The van der Waals surface area contributed by atoms with E-state index < -0.39 is 0 Å². The monoisotopic (exact) mass is 374 g/mol. The number of nitriles is 1. The van der Waals surface area contributed by atoms with Gasteiger partial charge < -0.3 is 5.32 Å². The van der Waals surface area contributed by atoms with Crippen LogP contribution in [0.15, 0.2) is 54.9 Å². The van der Waals surface area contributed by atoms with Gasteiger partial charge in [0, 0.05) is 16.5 Å². The fourth-order valence-corrected chi connectivity index (χ4v) is 4.78. The number of pyridine rings is 1. The molecule has 0 fully saturated rings. The summed E-state index contributed by atoms with van der Waals surface area (Å²) in [5, 5.41) is 13.2. The number of aryl methyl sites for hydroxylation is 1. The van der Waals surface area contributed by atoms with Crippen molar-refractivity contribution in [2.24, 2.45) is 0 Å². The summed E-state index contributed by atoms with van der Waals surface area (Å²) in [6, 6.07) is 16.4. The minimum absolute atomic E-state index is 0.111. The largest absolute Gasteiger partial charge is 0.311 e. The first-order chi connectivity index (χ1) is 13.2. The van der Waals surface area contributed by atoms with Crippen LogP contribution in [0.25, 0.3) is 11.1 Å². The van der Waals surface area contributed by atoms with Crippen LogP contribution in [0.1, 0.15) is 28.8 Å². The van der Waals surface area contributed by atoms with Crippen molar-refractivity contribution < 1.29 is 9.36 Å². The average Bonchev–Trinajstić information content (AvgIpc) is 3.05. The normalized spacial score (nSPS) is 12.9. The third kappa shape index (κ3) is 3.76. The molecule has 0 aliphatic heterocycles. The van der Waals surface area contributed by atoms with E-state index in [2.05, 4.69) is 23.5 Å². The van der Waals surface area contributed by atoms with Gasteiger partial charge in [-0.25, -0.2) is 0 Å². The van der Waals surface area contributed by atoms with Crippen molar-refractivity contribution in [3.05, 3.63) is 70.9 Å². The second kappa shape index (κ2) is 7.73. The van der Waals surface area contributed by atoms with Crippen molar-refractivity contribution in [3.8, 4) is 17.2 Å². The Hall–Kier alpha value is -2.97. The summed E-state index contributed by atoms with van der Waals surface area (Å²) < 4.78 is 1.87. The number of benzene rings is 1. The van der Waals surface area contributed by atoms with Gasteiger partial charge in [-0.15, -0.1) is 11.3 Å². The average molecular weight is 374 g/mol. The van der Waals surface area contributed by atoms with Gasteiger partial charge in [-0.3, -0.25) is 4.79 Å². The molecule has 0 spiro atoms. The molecule has 0 saturated heterocycles. The predicted octanol–water partition coefficient (Wildman–Crippen LogP) is 4.09. The first-order valence-electron chi connectivity index (χ1n) is 9.13. The molecule has 4 rings (SSSR count). The highest BCUT2D eigenvalue weighted by Crippen LogP contribution is 2.37. The van der Waals surface area contributed by atoms with Crippen molar-refractivity contribution >= 4 is 22.2 Å². The number of rotatable bonds is 4. The number of hydrogen-bond donors (Lipinski definition) is 1. The Morgan fingerprint density at radius 1 is 1.11 bits per heavy atom. The van der Waals surface area contributed by atoms with E-state index in [0.29, 0.717) is 10.6 Å². The van der Waals surface area contributed by atoms with Gasteiger partial charge in [0.1, 0.15) is 11.1 Å². The van der Waals surface area contributed by atoms with E-state index in [1.165, 1.54) is 4.88 Å². The van der Waals surface area contributed by atoms with E-state index in [1.54, 1.807) is 11.3 Å². The number of carbonyl (C=O) groups is 1. The summed E-state index contributed by atoms with van der Waals surface area (Å²) in [5.74, 6) is -0.111. The number of fused-ring (bicyclic) bond motifs is 1. The minimum Gasteiger partial charge on any atom is -0.311 e. The number of carbonyl (C=O) groups excluding carboxylic acids is 1. The summed E-state index contributed by atoms with van der Waals surface area (Å²) in [6.07, 6.45) is 8.09. The maximum absolute atomic E-state index is 12.6. The number of hydrogen-bond acceptors (Lipinski definition) is 3. The summed E-state index contributed by atoms with van der Waals surface area (Å²) >= 11 is 1.56. The Kier molecular flexibility index (Phi) is 4.99.